The third-order valence-electron chi connectivity index (χ3n) is 4.13. The number of hydrogen-bond acceptors (Lipinski definition) is 3. The van der Waals surface area contributed by atoms with E-state index in [9.17, 15) is 4.79 Å². The normalized spacial score (nSPS) is 16.9. The molecule has 0 saturated carbocycles. The second-order valence-electron chi connectivity index (χ2n) is 6.08. The summed E-state index contributed by atoms with van der Waals surface area (Å²) < 4.78 is 0. The molecular weight excluding hydrogens is 262 g/mol. The molecule has 2 rings (SSSR count). The Kier molecular flexibility index (Phi) is 6.21. The number of hydrogen-bond donors (Lipinski definition) is 2. The predicted molar refractivity (Wildman–Crippen MR) is 85.9 cm³/mol. The molecule has 0 aliphatic carbocycles. The van der Waals surface area contributed by atoms with Gasteiger partial charge in [0.1, 0.15) is 0 Å². The van der Waals surface area contributed by atoms with Crippen LogP contribution in [0.25, 0.3) is 0 Å². The fourth-order valence-corrected chi connectivity index (χ4v) is 2.66. The van der Waals surface area contributed by atoms with Gasteiger partial charge in [0.25, 0.3) is 0 Å². The van der Waals surface area contributed by atoms with Crippen LogP contribution >= 0.6 is 0 Å². The Hall–Kier alpha value is -1.39. The molecule has 2 N–H and O–H groups in total. The van der Waals surface area contributed by atoms with Crippen LogP contribution in [0.5, 0.6) is 0 Å². The predicted octanol–water partition coefficient (Wildman–Crippen LogP) is 1.75. The van der Waals surface area contributed by atoms with Crippen LogP contribution in [0.15, 0.2) is 24.3 Å². The van der Waals surface area contributed by atoms with Crippen molar-refractivity contribution in [1.82, 2.24) is 15.5 Å². The summed E-state index contributed by atoms with van der Waals surface area (Å²) in [4.78, 5) is 13.9. The molecule has 1 aliphatic rings. The maximum atomic E-state index is 11.4. The molecule has 4 heteroatoms. The van der Waals surface area contributed by atoms with E-state index in [1.165, 1.54) is 31.5 Å². The molecule has 1 saturated heterocycles. The molecule has 0 atom stereocenters. The van der Waals surface area contributed by atoms with Gasteiger partial charge in [-0.3, -0.25) is 9.69 Å². The van der Waals surface area contributed by atoms with Crippen LogP contribution in [-0.2, 0) is 17.9 Å². The van der Waals surface area contributed by atoms with Crippen LogP contribution in [0.1, 0.15) is 30.9 Å². The fraction of sp³-hybridized carbons (Fsp3) is 0.588. The van der Waals surface area contributed by atoms with Crippen molar-refractivity contribution in [2.75, 3.05) is 26.7 Å². The number of likely N-dealkylation sites (tertiary alicyclic amines) is 1. The topological polar surface area (TPSA) is 44.4 Å². The highest BCUT2D eigenvalue weighted by molar-refractivity contribution is 5.77. The van der Waals surface area contributed by atoms with Crippen LogP contribution in [0.2, 0.25) is 0 Å². The highest BCUT2D eigenvalue weighted by atomic mass is 16.1. The van der Waals surface area contributed by atoms with Crippen molar-refractivity contribution in [3.63, 3.8) is 0 Å². The van der Waals surface area contributed by atoms with E-state index in [1.807, 2.05) is 0 Å². The number of likely N-dealkylation sites (N-methyl/N-ethyl adjacent to an activating group) is 1. The van der Waals surface area contributed by atoms with Gasteiger partial charge < -0.3 is 10.6 Å². The summed E-state index contributed by atoms with van der Waals surface area (Å²) in [5.74, 6) is 0.911. The van der Waals surface area contributed by atoms with Crippen LogP contribution in [-0.4, -0.2) is 37.5 Å². The Balaban J connectivity index is 1.77. The average Bonchev–Trinajstić information content (AvgIpc) is 2.49. The molecule has 0 radical (unpaired) electrons. The van der Waals surface area contributed by atoms with E-state index in [2.05, 4.69) is 46.7 Å². The summed E-state index contributed by atoms with van der Waals surface area (Å²) in [5, 5.41) is 5.74. The molecule has 1 aliphatic heterocycles. The number of amides is 1. The maximum Gasteiger partial charge on any atom is 0.234 e. The summed E-state index contributed by atoms with van der Waals surface area (Å²) in [5.41, 5.74) is 2.50. The maximum absolute atomic E-state index is 11.4. The molecule has 0 spiro atoms. The summed E-state index contributed by atoms with van der Waals surface area (Å²) in [6.07, 6.45) is 2.63. The summed E-state index contributed by atoms with van der Waals surface area (Å²) in [6.45, 7) is 6.77. The first-order valence-electron chi connectivity index (χ1n) is 7.89. The zero-order chi connectivity index (χ0) is 15.1. The Morgan fingerprint density at radius 2 is 1.81 bits per heavy atom. The Morgan fingerprint density at radius 1 is 1.19 bits per heavy atom. The number of benzene rings is 1. The highest BCUT2D eigenvalue weighted by Gasteiger charge is 2.15. The number of carbonyl (C=O) groups excluding carboxylic acids is 1. The molecule has 0 aromatic heterocycles. The van der Waals surface area contributed by atoms with E-state index in [4.69, 9.17) is 0 Å². The van der Waals surface area contributed by atoms with Crippen molar-refractivity contribution < 1.29 is 4.79 Å². The number of nitrogens with zero attached hydrogens (tertiary/aromatic N) is 1. The molecule has 1 heterocycles. The lowest BCUT2D eigenvalue weighted by Gasteiger charge is -2.30. The smallest absolute Gasteiger partial charge is 0.234 e. The lowest BCUT2D eigenvalue weighted by Crippen LogP contribution is -2.32. The number of carbonyl (C=O) groups is 1. The van der Waals surface area contributed by atoms with Gasteiger partial charge in [-0.05, 0) is 50.0 Å². The largest absolute Gasteiger partial charge is 0.351 e. The van der Waals surface area contributed by atoms with E-state index in [1.54, 1.807) is 7.05 Å². The monoisotopic (exact) mass is 289 g/mol. The van der Waals surface area contributed by atoms with Gasteiger partial charge in [-0.25, -0.2) is 0 Å². The summed E-state index contributed by atoms with van der Waals surface area (Å²) in [7, 11) is 1.77. The van der Waals surface area contributed by atoms with E-state index in [-0.39, 0.29) is 5.91 Å². The van der Waals surface area contributed by atoms with Gasteiger partial charge in [0.05, 0.1) is 6.54 Å². The first-order chi connectivity index (χ1) is 10.2. The summed E-state index contributed by atoms with van der Waals surface area (Å²) in [6, 6.07) is 8.58. The van der Waals surface area contributed by atoms with E-state index >= 15 is 0 Å². The SMILES string of the molecule is CNCC(=O)NCc1ccc(CN2CCC(C)CC2)cc1. The van der Waals surface area contributed by atoms with Gasteiger partial charge in [-0.1, -0.05) is 31.2 Å². The van der Waals surface area contributed by atoms with Crippen LogP contribution in [0.3, 0.4) is 0 Å². The van der Waals surface area contributed by atoms with Gasteiger partial charge in [0, 0.05) is 13.1 Å². The molecule has 116 valence electrons. The zero-order valence-corrected chi connectivity index (χ0v) is 13.2. The third-order valence-corrected chi connectivity index (χ3v) is 4.13. The standard InChI is InChI=1S/C17H27N3O/c1-14-7-9-20(10-8-14)13-16-5-3-15(4-6-16)11-19-17(21)12-18-2/h3-6,14,18H,7-13H2,1-2H3,(H,19,21). The first-order valence-corrected chi connectivity index (χ1v) is 7.89. The van der Waals surface area contributed by atoms with Crippen molar-refractivity contribution in [2.24, 2.45) is 5.92 Å². The average molecular weight is 289 g/mol. The molecular formula is C17H27N3O. The molecule has 1 fully saturated rings. The minimum absolute atomic E-state index is 0.0315. The molecule has 1 amide bonds. The lowest BCUT2D eigenvalue weighted by atomic mass is 9.99. The quantitative estimate of drug-likeness (QED) is 0.838. The van der Waals surface area contributed by atoms with Crippen molar-refractivity contribution >= 4 is 5.91 Å². The minimum Gasteiger partial charge on any atom is -0.351 e. The Labute approximate surface area is 127 Å². The molecule has 1 aromatic rings. The highest BCUT2D eigenvalue weighted by Crippen LogP contribution is 2.18. The minimum atomic E-state index is 0.0315. The number of rotatable bonds is 6. The van der Waals surface area contributed by atoms with Gasteiger partial charge >= 0.3 is 0 Å². The number of nitrogens with one attached hydrogen (secondary N) is 2. The second-order valence-corrected chi connectivity index (χ2v) is 6.08. The zero-order valence-electron chi connectivity index (χ0n) is 13.2. The van der Waals surface area contributed by atoms with Crippen molar-refractivity contribution in [2.45, 2.75) is 32.9 Å². The van der Waals surface area contributed by atoms with Crippen LogP contribution in [0, 0.1) is 5.92 Å². The first kappa shape index (κ1) is 16.0. The van der Waals surface area contributed by atoms with Gasteiger partial charge in [0.2, 0.25) is 5.91 Å². The molecule has 0 unspecified atom stereocenters. The van der Waals surface area contributed by atoms with Crippen molar-refractivity contribution in [1.29, 1.82) is 0 Å². The lowest BCUT2D eigenvalue weighted by molar-refractivity contribution is -0.120. The van der Waals surface area contributed by atoms with Crippen LogP contribution < -0.4 is 10.6 Å². The van der Waals surface area contributed by atoms with E-state index in [0.29, 0.717) is 13.1 Å². The van der Waals surface area contributed by atoms with E-state index < -0.39 is 0 Å². The molecule has 1 aromatic carbocycles. The summed E-state index contributed by atoms with van der Waals surface area (Å²) >= 11 is 0. The van der Waals surface area contributed by atoms with Crippen molar-refractivity contribution in [3.8, 4) is 0 Å². The van der Waals surface area contributed by atoms with Gasteiger partial charge in [-0.15, -0.1) is 0 Å². The van der Waals surface area contributed by atoms with Crippen molar-refractivity contribution in [3.05, 3.63) is 35.4 Å². The fourth-order valence-electron chi connectivity index (χ4n) is 2.66. The Bertz CT molecular complexity index is 436. The van der Waals surface area contributed by atoms with Crippen LogP contribution in [0.4, 0.5) is 0 Å². The molecule has 4 nitrogen and oxygen atoms in total. The van der Waals surface area contributed by atoms with Gasteiger partial charge in [-0.2, -0.15) is 0 Å². The molecule has 0 bridgehead atoms. The second kappa shape index (κ2) is 8.15. The Morgan fingerprint density at radius 3 is 2.43 bits per heavy atom. The van der Waals surface area contributed by atoms with Gasteiger partial charge in [0.15, 0.2) is 0 Å². The number of piperidine rings is 1. The molecule has 21 heavy (non-hydrogen) atoms. The van der Waals surface area contributed by atoms with E-state index in [0.717, 1.165) is 18.0 Å². The third kappa shape index (κ3) is 5.48.